The highest BCUT2D eigenvalue weighted by atomic mass is 32.2. The molecule has 0 saturated carbocycles. The van der Waals surface area contributed by atoms with E-state index in [9.17, 15) is 13.2 Å². The molecule has 1 fully saturated rings. The van der Waals surface area contributed by atoms with Crippen molar-refractivity contribution in [3.63, 3.8) is 0 Å². The summed E-state index contributed by atoms with van der Waals surface area (Å²) in [7, 11) is -3.77. The molecule has 138 valence electrons. The minimum Gasteiger partial charge on any atom is -0.378 e. The molecular formula is C18H21N3O4S. The van der Waals surface area contributed by atoms with Crippen molar-refractivity contribution >= 4 is 21.6 Å². The number of rotatable bonds is 4. The number of nitrogens with one attached hydrogen (secondary N) is 1. The third-order valence-corrected chi connectivity index (χ3v) is 5.69. The van der Waals surface area contributed by atoms with Crippen molar-refractivity contribution in [2.75, 3.05) is 31.0 Å². The number of hydrogen-bond donors (Lipinski definition) is 1. The maximum atomic E-state index is 12.7. The number of aromatic nitrogens is 1. The van der Waals surface area contributed by atoms with Crippen LogP contribution in [-0.2, 0) is 14.8 Å². The van der Waals surface area contributed by atoms with Crippen molar-refractivity contribution in [1.29, 1.82) is 0 Å². The van der Waals surface area contributed by atoms with Crippen LogP contribution in [0.4, 0.5) is 5.69 Å². The standard InChI is InChI=1S/C18H21N3O4S/c1-13-3-4-14(2)17(9-13)26(23,24)20-16-10-15(11-19-12-16)18(22)21-5-7-25-8-6-21/h3-4,9-12,20H,5-8H2,1-2H3. The molecule has 3 rings (SSSR count). The number of ether oxygens (including phenoxy) is 1. The average Bonchev–Trinajstić information content (AvgIpc) is 2.63. The molecule has 1 aliphatic heterocycles. The van der Waals surface area contributed by atoms with Crippen molar-refractivity contribution in [3.05, 3.63) is 53.3 Å². The molecule has 8 heteroatoms. The van der Waals surface area contributed by atoms with Gasteiger partial charge >= 0.3 is 0 Å². The van der Waals surface area contributed by atoms with Gasteiger partial charge in [-0.15, -0.1) is 0 Å². The fraction of sp³-hybridized carbons (Fsp3) is 0.333. The van der Waals surface area contributed by atoms with E-state index in [1.807, 2.05) is 13.0 Å². The highest BCUT2D eigenvalue weighted by molar-refractivity contribution is 7.92. The van der Waals surface area contributed by atoms with E-state index in [4.69, 9.17) is 4.74 Å². The van der Waals surface area contributed by atoms with E-state index in [0.29, 0.717) is 37.4 Å². The van der Waals surface area contributed by atoms with Gasteiger partial charge in [0, 0.05) is 19.3 Å². The van der Waals surface area contributed by atoms with Crippen LogP contribution < -0.4 is 4.72 Å². The largest absolute Gasteiger partial charge is 0.378 e. The van der Waals surface area contributed by atoms with Crippen LogP contribution in [0.2, 0.25) is 0 Å². The summed E-state index contributed by atoms with van der Waals surface area (Å²) in [5, 5.41) is 0. The van der Waals surface area contributed by atoms with Gasteiger partial charge < -0.3 is 9.64 Å². The van der Waals surface area contributed by atoms with E-state index in [1.54, 1.807) is 24.0 Å². The Kier molecular flexibility index (Phi) is 5.24. The molecule has 7 nitrogen and oxygen atoms in total. The Morgan fingerprint density at radius 3 is 2.62 bits per heavy atom. The van der Waals surface area contributed by atoms with Crippen LogP contribution >= 0.6 is 0 Å². The molecule has 2 heterocycles. The Morgan fingerprint density at radius 2 is 1.88 bits per heavy atom. The number of benzene rings is 1. The van der Waals surface area contributed by atoms with Gasteiger partial charge in [-0.1, -0.05) is 12.1 Å². The lowest BCUT2D eigenvalue weighted by Crippen LogP contribution is -2.40. The van der Waals surface area contributed by atoms with Crippen LogP contribution in [0.15, 0.2) is 41.6 Å². The quantitative estimate of drug-likeness (QED) is 0.883. The molecule has 0 unspecified atom stereocenters. The number of morpholine rings is 1. The van der Waals surface area contributed by atoms with Crippen LogP contribution in [0.5, 0.6) is 0 Å². The zero-order chi connectivity index (χ0) is 18.7. The summed E-state index contributed by atoms with van der Waals surface area (Å²) >= 11 is 0. The molecular weight excluding hydrogens is 354 g/mol. The van der Waals surface area contributed by atoms with Crippen LogP contribution in [-0.4, -0.2) is 50.5 Å². The van der Waals surface area contributed by atoms with Crippen molar-refractivity contribution in [1.82, 2.24) is 9.88 Å². The molecule has 26 heavy (non-hydrogen) atoms. The number of amides is 1. The maximum absolute atomic E-state index is 12.7. The number of anilines is 1. The number of aryl methyl sites for hydroxylation is 2. The second-order valence-corrected chi connectivity index (χ2v) is 7.89. The molecule has 0 radical (unpaired) electrons. The first-order valence-electron chi connectivity index (χ1n) is 8.29. The minimum atomic E-state index is -3.77. The van der Waals surface area contributed by atoms with E-state index in [2.05, 4.69) is 9.71 Å². The molecule has 1 aromatic heterocycles. The van der Waals surface area contributed by atoms with Gasteiger partial charge in [-0.2, -0.15) is 0 Å². The summed E-state index contributed by atoms with van der Waals surface area (Å²) in [6, 6.07) is 6.75. The second kappa shape index (κ2) is 7.43. The first-order valence-corrected chi connectivity index (χ1v) is 9.77. The monoisotopic (exact) mass is 375 g/mol. The Hall–Kier alpha value is -2.45. The van der Waals surface area contributed by atoms with Crippen molar-refractivity contribution in [2.24, 2.45) is 0 Å². The first-order chi connectivity index (χ1) is 12.4. The molecule has 1 N–H and O–H groups in total. The van der Waals surface area contributed by atoms with Gasteiger partial charge in [0.1, 0.15) is 0 Å². The molecule has 0 aliphatic carbocycles. The fourth-order valence-corrected chi connectivity index (χ4v) is 4.13. The number of sulfonamides is 1. The van der Waals surface area contributed by atoms with Crippen LogP contribution in [0, 0.1) is 13.8 Å². The number of carbonyl (C=O) groups excluding carboxylic acids is 1. The smallest absolute Gasteiger partial charge is 0.262 e. The Bertz CT molecular complexity index is 922. The lowest BCUT2D eigenvalue weighted by atomic mass is 10.2. The number of pyridine rings is 1. The summed E-state index contributed by atoms with van der Waals surface area (Å²) in [5.41, 5.74) is 2.10. The lowest BCUT2D eigenvalue weighted by Gasteiger charge is -2.26. The molecule has 1 aliphatic rings. The summed E-state index contributed by atoms with van der Waals surface area (Å²) in [5.74, 6) is -0.186. The number of nitrogens with zero attached hydrogens (tertiary/aromatic N) is 2. The highest BCUT2D eigenvalue weighted by Crippen LogP contribution is 2.21. The van der Waals surface area contributed by atoms with E-state index in [1.165, 1.54) is 18.5 Å². The van der Waals surface area contributed by atoms with Gasteiger partial charge in [0.15, 0.2) is 0 Å². The third-order valence-electron chi connectivity index (χ3n) is 4.17. The van der Waals surface area contributed by atoms with Crippen molar-refractivity contribution in [2.45, 2.75) is 18.7 Å². The Labute approximate surface area is 153 Å². The van der Waals surface area contributed by atoms with Crippen molar-refractivity contribution in [3.8, 4) is 0 Å². The number of hydrogen-bond acceptors (Lipinski definition) is 5. The fourth-order valence-electron chi connectivity index (χ4n) is 2.77. The second-order valence-electron chi connectivity index (χ2n) is 6.24. The molecule has 0 spiro atoms. The van der Waals surface area contributed by atoms with E-state index in [0.717, 1.165) is 5.56 Å². The number of carbonyl (C=O) groups is 1. The Morgan fingerprint density at radius 1 is 1.15 bits per heavy atom. The summed E-state index contributed by atoms with van der Waals surface area (Å²) in [6.45, 7) is 5.59. The average molecular weight is 375 g/mol. The van der Waals surface area contributed by atoms with E-state index < -0.39 is 10.0 Å². The van der Waals surface area contributed by atoms with Gasteiger partial charge in [0.25, 0.3) is 15.9 Å². The van der Waals surface area contributed by atoms with Gasteiger partial charge in [0.05, 0.1) is 35.6 Å². The third kappa shape index (κ3) is 4.03. The van der Waals surface area contributed by atoms with Gasteiger partial charge in [-0.3, -0.25) is 14.5 Å². The van der Waals surface area contributed by atoms with Crippen molar-refractivity contribution < 1.29 is 17.9 Å². The molecule has 0 bridgehead atoms. The molecule has 1 aromatic carbocycles. The minimum absolute atomic E-state index is 0.186. The lowest BCUT2D eigenvalue weighted by molar-refractivity contribution is 0.0302. The summed E-state index contributed by atoms with van der Waals surface area (Å²) in [6.07, 6.45) is 2.83. The summed E-state index contributed by atoms with van der Waals surface area (Å²) in [4.78, 5) is 18.4. The van der Waals surface area contributed by atoms with Gasteiger partial charge in [-0.25, -0.2) is 8.42 Å². The van der Waals surface area contributed by atoms with Crippen LogP contribution in [0.3, 0.4) is 0 Å². The van der Waals surface area contributed by atoms with E-state index >= 15 is 0 Å². The predicted octanol–water partition coefficient (Wildman–Crippen LogP) is 1.97. The van der Waals surface area contributed by atoms with Crippen LogP contribution in [0.1, 0.15) is 21.5 Å². The zero-order valence-electron chi connectivity index (χ0n) is 14.7. The normalized spacial score (nSPS) is 14.9. The highest BCUT2D eigenvalue weighted by Gasteiger charge is 2.21. The van der Waals surface area contributed by atoms with Gasteiger partial charge in [-0.05, 0) is 37.1 Å². The zero-order valence-corrected chi connectivity index (χ0v) is 15.5. The molecule has 1 amide bonds. The summed E-state index contributed by atoms with van der Waals surface area (Å²) < 4.78 is 33.2. The Balaban J connectivity index is 1.84. The van der Waals surface area contributed by atoms with E-state index in [-0.39, 0.29) is 16.5 Å². The van der Waals surface area contributed by atoms with Crippen LogP contribution in [0.25, 0.3) is 0 Å². The topological polar surface area (TPSA) is 88.6 Å². The molecule has 0 atom stereocenters. The first kappa shape index (κ1) is 18.3. The van der Waals surface area contributed by atoms with Gasteiger partial charge in [0.2, 0.25) is 0 Å². The molecule has 1 saturated heterocycles. The maximum Gasteiger partial charge on any atom is 0.262 e. The predicted molar refractivity (Wildman–Crippen MR) is 97.7 cm³/mol. The molecule has 2 aromatic rings. The SMILES string of the molecule is Cc1ccc(C)c(S(=O)(=O)Nc2cncc(C(=O)N3CCOCC3)c2)c1.